The average Bonchev–Trinajstić information content (AvgIpc) is 2.02. The zero-order chi connectivity index (χ0) is 9.03. The normalized spacial score (nSPS) is 21.2. The number of alkyl halides is 3. The van der Waals surface area contributed by atoms with E-state index in [-0.39, 0.29) is 0 Å². The van der Waals surface area contributed by atoms with Crippen molar-refractivity contribution in [3.05, 3.63) is 5.25 Å². The highest BCUT2D eigenvalue weighted by Crippen LogP contribution is 2.37. The molecule has 1 radical (unpaired) electrons. The molecule has 1 aliphatic rings. The van der Waals surface area contributed by atoms with Crippen LogP contribution in [0.15, 0.2) is 0 Å². The van der Waals surface area contributed by atoms with Gasteiger partial charge in [-0.15, -0.1) is 11.8 Å². The first-order valence-electron chi connectivity index (χ1n) is 4.12. The molecule has 12 heavy (non-hydrogen) atoms. The van der Waals surface area contributed by atoms with Gasteiger partial charge in [0.05, 0.1) is 5.75 Å². The number of hydrogen-bond donors (Lipinski definition) is 0. The Kier molecular flexibility index (Phi) is 3.75. The molecule has 0 nitrogen and oxygen atoms in total. The van der Waals surface area contributed by atoms with E-state index in [9.17, 15) is 13.2 Å². The minimum absolute atomic E-state index is 0.706. The van der Waals surface area contributed by atoms with Crippen molar-refractivity contribution in [2.45, 2.75) is 38.3 Å². The van der Waals surface area contributed by atoms with E-state index in [0.29, 0.717) is 0 Å². The monoisotopic (exact) mass is 197 g/mol. The van der Waals surface area contributed by atoms with Crippen LogP contribution in [0, 0.1) is 5.25 Å². The Morgan fingerprint density at radius 3 is 2.17 bits per heavy atom. The number of rotatable bonds is 2. The fraction of sp³-hybridized carbons (Fsp3) is 0.875. The van der Waals surface area contributed by atoms with Crippen LogP contribution in [0.4, 0.5) is 13.2 Å². The van der Waals surface area contributed by atoms with E-state index in [1.165, 1.54) is 6.42 Å². The highest BCUT2D eigenvalue weighted by Gasteiger charge is 2.29. The number of hydrogen-bond acceptors (Lipinski definition) is 1. The summed E-state index contributed by atoms with van der Waals surface area (Å²) in [6, 6.07) is 0. The highest BCUT2D eigenvalue weighted by molar-refractivity contribution is 8.02. The molecule has 0 unspecified atom stereocenters. The van der Waals surface area contributed by atoms with Gasteiger partial charge in [-0.2, -0.15) is 13.2 Å². The number of halogens is 3. The predicted octanol–water partition coefficient (Wildman–Crippen LogP) is 3.78. The molecular weight excluding hydrogens is 185 g/mol. The van der Waals surface area contributed by atoms with E-state index in [0.717, 1.165) is 42.7 Å². The van der Waals surface area contributed by atoms with E-state index >= 15 is 0 Å². The first-order chi connectivity index (χ1) is 5.58. The minimum Gasteiger partial charge on any atom is -0.170 e. The molecule has 0 bridgehead atoms. The van der Waals surface area contributed by atoms with Crippen molar-refractivity contribution >= 4 is 11.8 Å². The lowest BCUT2D eigenvalue weighted by atomic mass is 10.0. The molecule has 1 fully saturated rings. The van der Waals surface area contributed by atoms with Crippen LogP contribution in [0.2, 0.25) is 0 Å². The van der Waals surface area contributed by atoms with Crippen LogP contribution in [0.25, 0.3) is 0 Å². The predicted molar refractivity (Wildman–Crippen MR) is 44.8 cm³/mol. The Hall–Kier alpha value is 0.140. The average molecular weight is 197 g/mol. The summed E-state index contributed by atoms with van der Waals surface area (Å²) < 4.78 is 35.3. The topological polar surface area (TPSA) is 0 Å². The smallest absolute Gasteiger partial charge is 0.170 e. The van der Waals surface area contributed by atoms with Gasteiger partial charge in [0, 0.05) is 5.25 Å². The van der Waals surface area contributed by atoms with Gasteiger partial charge < -0.3 is 0 Å². The molecule has 1 aliphatic carbocycles. The maximum atomic E-state index is 11.8. The Morgan fingerprint density at radius 1 is 1.08 bits per heavy atom. The van der Waals surface area contributed by atoms with Gasteiger partial charge in [-0.1, -0.05) is 19.3 Å². The van der Waals surface area contributed by atoms with Gasteiger partial charge >= 0.3 is 6.18 Å². The lowest BCUT2D eigenvalue weighted by Gasteiger charge is -2.20. The molecule has 0 saturated heterocycles. The third-order valence-corrected chi connectivity index (χ3v) is 3.14. The van der Waals surface area contributed by atoms with Crippen LogP contribution < -0.4 is 0 Å². The zero-order valence-corrected chi connectivity index (χ0v) is 7.60. The van der Waals surface area contributed by atoms with Crippen LogP contribution in [0.5, 0.6) is 0 Å². The summed E-state index contributed by atoms with van der Waals surface area (Å²) in [5, 5.41) is 1.04. The zero-order valence-electron chi connectivity index (χ0n) is 6.78. The summed E-state index contributed by atoms with van der Waals surface area (Å²) in [5.74, 6) is -0.706. The van der Waals surface area contributed by atoms with Crippen molar-refractivity contribution in [3.63, 3.8) is 0 Å². The van der Waals surface area contributed by atoms with Crippen molar-refractivity contribution in [1.29, 1.82) is 0 Å². The SMILES string of the molecule is FC(F)(F)CS[C]1CCCCC1. The molecule has 4 heteroatoms. The fourth-order valence-electron chi connectivity index (χ4n) is 1.27. The highest BCUT2D eigenvalue weighted by atomic mass is 32.2. The summed E-state index contributed by atoms with van der Waals surface area (Å²) in [7, 11) is 0. The van der Waals surface area contributed by atoms with Gasteiger partial charge in [-0.25, -0.2) is 0 Å². The van der Waals surface area contributed by atoms with E-state index < -0.39 is 11.9 Å². The standard InChI is InChI=1S/C8H12F3S/c9-8(10,11)6-12-7-4-2-1-3-5-7/h1-6H2. The third kappa shape index (κ3) is 4.24. The lowest BCUT2D eigenvalue weighted by Crippen LogP contribution is -2.13. The Balaban J connectivity index is 2.13. The van der Waals surface area contributed by atoms with Crippen LogP contribution in [-0.4, -0.2) is 11.9 Å². The van der Waals surface area contributed by atoms with Gasteiger partial charge in [-0.05, 0) is 12.8 Å². The maximum absolute atomic E-state index is 11.8. The van der Waals surface area contributed by atoms with Gasteiger partial charge in [0.15, 0.2) is 0 Å². The lowest BCUT2D eigenvalue weighted by molar-refractivity contribution is -0.105. The van der Waals surface area contributed by atoms with Gasteiger partial charge in [-0.3, -0.25) is 0 Å². The molecule has 0 N–H and O–H groups in total. The third-order valence-electron chi connectivity index (χ3n) is 1.85. The molecule has 0 aromatic rings. The quantitative estimate of drug-likeness (QED) is 0.649. The molecule has 0 aromatic carbocycles. The van der Waals surface area contributed by atoms with Gasteiger partial charge in [0.1, 0.15) is 0 Å². The van der Waals surface area contributed by atoms with Crippen LogP contribution >= 0.6 is 11.8 Å². The summed E-state index contributed by atoms with van der Waals surface area (Å²) in [6.07, 6.45) is 1.09. The molecular formula is C8H12F3S. The van der Waals surface area contributed by atoms with Crippen molar-refractivity contribution in [2.75, 3.05) is 5.75 Å². The molecule has 1 saturated carbocycles. The Bertz CT molecular complexity index is 127. The molecule has 0 aromatic heterocycles. The first-order valence-corrected chi connectivity index (χ1v) is 5.11. The number of thioether (sulfide) groups is 1. The second-order valence-electron chi connectivity index (χ2n) is 3.00. The first kappa shape index (κ1) is 10.2. The summed E-state index contributed by atoms with van der Waals surface area (Å²) in [4.78, 5) is 0. The summed E-state index contributed by atoms with van der Waals surface area (Å²) in [5.41, 5.74) is 0. The fourth-order valence-corrected chi connectivity index (χ4v) is 2.22. The summed E-state index contributed by atoms with van der Waals surface area (Å²) >= 11 is 0.996. The molecule has 0 heterocycles. The van der Waals surface area contributed by atoms with E-state index in [1.54, 1.807) is 0 Å². The summed E-state index contributed by atoms with van der Waals surface area (Å²) in [6.45, 7) is 0. The van der Waals surface area contributed by atoms with E-state index in [4.69, 9.17) is 0 Å². The molecule has 0 aliphatic heterocycles. The molecule has 71 valence electrons. The van der Waals surface area contributed by atoms with Crippen LogP contribution in [0.1, 0.15) is 32.1 Å². The largest absolute Gasteiger partial charge is 0.397 e. The van der Waals surface area contributed by atoms with Gasteiger partial charge in [0.25, 0.3) is 0 Å². The van der Waals surface area contributed by atoms with E-state index in [2.05, 4.69) is 0 Å². The van der Waals surface area contributed by atoms with Crippen molar-refractivity contribution in [3.8, 4) is 0 Å². The van der Waals surface area contributed by atoms with Crippen molar-refractivity contribution < 1.29 is 13.2 Å². The molecule has 0 atom stereocenters. The molecule has 0 spiro atoms. The second-order valence-corrected chi connectivity index (χ2v) is 4.16. The second kappa shape index (κ2) is 4.40. The van der Waals surface area contributed by atoms with Crippen LogP contribution in [-0.2, 0) is 0 Å². The van der Waals surface area contributed by atoms with Crippen molar-refractivity contribution in [1.82, 2.24) is 0 Å². The van der Waals surface area contributed by atoms with E-state index in [1.807, 2.05) is 0 Å². The van der Waals surface area contributed by atoms with Crippen LogP contribution in [0.3, 0.4) is 0 Å². The minimum atomic E-state index is -4.00. The Labute approximate surface area is 74.9 Å². The Morgan fingerprint density at radius 2 is 1.67 bits per heavy atom. The molecule has 0 amide bonds. The van der Waals surface area contributed by atoms with Crippen molar-refractivity contribution in [2.24, 2.45) is 0 Å². The maximum Gasteiger partial charge on any atom is 0.397 e. The molecule has 1 rings (SSSR count). The van der Waals surface area contributed by atoms with Gasteiger partial charge in [0.2, 0.25) is 0 Å².